The van der Waals surface area contributed by atoms with Crippen molar-refractivity contribution in [2.24, 2.45) is 11.8 Å². The van der Waals surface area contributed by atoms with Crippen molar-refractivity contribution in [1.29, 1.82) is 0 Å². The molecule has 94 valence electrons. The summed E-state index contributed by atoms with van der Waals surface area (Å²) in [5, 5.41) is 12.0. The fourth-order valence-electron chi connectivity index (χ4n) is 2.29. The van der Waals surface area contributed by atoms with Crippen molar-refractivity contribution in [3.05, 3.63) is 23.8 Å². The van der Waals surface area contributed by atoms with Crippen molar-refractivity contribution < 1.29 is 0 Å². The Morgan fingerprint density at radius 2 is 2.22 bits per heavy atom. The molecule has 0 amide bonds. The van der Waals surface area contributed by atoms with Crippen LogP contribution in [-0.2, 0) is 6.54 Å². The number of anilines is 1. The molecule has 0 aliphatic heterocycles. The molecular weight excluding hydrogens is 226 g/mol. The molecule has 2 atom stereocenters. The highest BCUT2D eigenvalue weighted by atomic mass is 15.5. The smallest absolute Gasteiger partial charge is 0.182 e. The van der Waals surface area contributed by atoms with Gasteiger partial charge in [0.25, 0.3) is 0 Å². The van der Waals surface area contributed by atoms with E-state index in [-0.39, 0.29) is 0 Å². The van der Waals surface area contributed by atoms with Gasteiger partial charge in [-0.05, 0) is 47.2 Å². The van der Waals surface area contributed by atoms with Crippen molar-refractivity contribution in [3.63, 3.8) is 0 Å². The van der Waals surface area contributed by atoms with E-state index in [4.69, 9.17) is 5.73 Å². The van der Waals surface area contributed by atoms with E-state index in [1.807, 2.05) is 29.8 Å². The summed E-state index contributed by atoms with van der Waals surface area (Å²) in [6, 6.07) is 5.86. The lowest BCUT2D eigenvalue weighted by Gasteiger charge is -2.08. The van der Waals surface area contributed by atoms with Gasteiger partial charge in [-0.25, -0.2) is 4.68 Å². The highest BCUT2D eigenvalue weighted by molar-refractivity contribution is 5.67. The minimum atomic E-state index is 0.716. The van der Waals surface area contributed by atoms with Gasteiger partial charge in [0.05, 0.1) is 0 Å². The zero-order valence-electron chi connectivity index (χ0n) is 10.7. The molecule has 18 heavy (non-hydrogen) atoms. The molecule has 1 fully saturated rings. The Morgan fingerprint density at radius 3 is 2.94 bits per heavy atom. The summed E-state index contributed by atoms with van der Waals surface area (Å²) in [7, 11) is 0. The standard InChI is InChI=1S/C13H17N5/c1-8-6-10(8)7-18-13(15-16-17-18)11-4-3-5-12(14)9(11)2/h3-5,8,10H,6-7,14H2,1-2H3. The van der Waals surface area contributed by atoms with E-state index in [2.05, 4.69) is 22.4 Å². The van der Waals surface area contributed by atoms with Gasteiger partial charge in [0, 0.05) is 17.8 Å². The van der Waals surface area contributed by atoms with Crippen LogP contribution in [0.25, 0.3) is 11.4 Å². The minimum absolute atomic E-state index is 0.716. The summed E-state index contributed by atoms with van der Waals surface area (Å²) in [5.41, 5.74) is 8.77. The molecular formula is C13H17N5. The SMILES string of the molecule is Cc1c(N)cccc1-c1nnnn1CC1CC1C. The van der Waals surface area contributed by atoms with Crippen molar-refractivity contribution in [3.8, 4) is 11.4 Å². The van der Waals surface area contributed by atoms with E-state index in [9.17, 15) is 0 Å². The quantitative estimate of drug-likeness (QED) is 0.836. The number of nitrogens with two attached hydrogens (primary N) is 1. The van der Waals surface area contributed by atoms with E-state index in [1.54, 1.807) is 0 Å². The van der Waals surface area contributed by atoms with Crippen LogP contribution in [0.5, 0.6) is 0 Å². The highest BCUT2D eigenvalue weighted by Gasteiger charge is 2.33. The number of rotatable bonds is 3. The molecule has 1 aliphatic rings. The molecule has 0 saturated heterocycles. The molecule has 1 aromatic heterocycles. The van der Waals surface area contributed by atoms with Crippen LogP contribution in [0, 0.1) is 18.8 Å². The Morgan fingerprint density at radius 1 is 1.44 bits per heavy atom. The lowest BCUT2D eigenvalue weighted by Crippen LogP contribution is -2.06. The van der Waals surface area contributed by atoms with E-state index in [0.29, 0.717) is 5.92 Å². The largest absolute Gasteiger partial charge is 0.398 e. The van der Waals surface area contributed by atoms with Gasteiger partial charge in [-0.15, -0.1) is 5.10 Å². The second-order valence-corrected chi connectivity index (χ2v) is 5.18. The molecule has 0 bridgehead atoms. The van der Waals surface area contributed by atoms with E-state index < -0.39 is 0 Å². The molecule has 2 unspecified atom stereocenters. The first-order valence-electron chi connectivity index (χ1n) is 6.28. The number of aromatic nitrogens is 4. The normalized spacial score (nSPS) is 22.1. The molecule has 2 aromatic rings. The third kappa shape index (κ3) is 1.85. The first kappa shape index (κ1) is 11.2. The number of hydrogen-bond donors (Lipinski definition) is 1. The molecule has 1 aromatic carbocycles. The molecule has 5 heteroatoms. The van der Waals surface area contributed by atoms with Crippen LogP contribution in [0.1, 0.15) is 18.9 Å². The average molecular weight is 243 g/mol. The lowest BCUT2D eigenvalue weighted by atomic mass is 10.1. The molecule has 1 saturated carbocycles. The van der Waals surface area contributed by atoms with Crippen molar-refractivity contribution in [2.45, 2.75) is 26.8 Å². The maximum atomic E-state index is 5.93. The second kappa shape index (κ2) is 4.08. The Balaban J connectivity index is 1.96. The van der Waals surface area contributed by atoms with Crippen LogP contribution in [0.2, 0.25) is 0 Å². The maximum Gasteiger partial charge on any atom is 0.182 e. The van der Waals surface area contributed by atoms with Gasteiger partial charge in [-0.2, -0.15) is 0 Å². The fraction of sp³-hybridized carbons (Fsp3) is 0.462. The van der Waals surface area contributed by atoms with E-state index >= 15 is 0 Å². The van der Waals surface area contributed by atoms with Gasteiger partial charge >= 0.3 is 0 Å². The fourth-order valence-corrected chi connectivity index (χ4v) is 2.29. The maximum absolute atomic E-state index is 5.93. The number of nitrogen functional groups attached to an aromatic ring is 1. The molecule has 0 spiro atoms. The monoisotopic (exact) mass is 243 g/mol. The summed E-state index contributed by atoms with van der Waals surface area (Å²) in [6.07, 6.45) is 1.27. The first-order chi connectivity index (χ1) is 8.66. The predicted octanol–water partition coefficient (Wildman–Crippen LogP) is 1.89. The van der Waals surface area contributed by atoms with Crippen LogP contribution in [0.4, 0.5) is 5.69 Å². The number of hydrogen-bond acceptors (Lipinski definition) is 4. The zero-order chi connectivity index (χ0) is 12.7. The molecule has 1 heterocycles. The third-order valence-corrected chi connectivity index (χ3v) is 3.83. The lowest BCUT2D eigenvalue weighted by molar-refractivity contribution is 0.528. The topological polar surface area (TPSA) is 69.6 Å². The van der Waals surface area contributed by atoms with Gasteiger partial charge in [0.2, 0.25) is 0 Å². The average Bonchev–Trinajstić information content (AvgIpc) is 2.86. The summed E-state index contributed by atoms with van der Waals surface area (Å²) in [6.45, 7) is 5.17. The van der Waals surface area contributed by atoms with Crippen LogP contribution < -0.4 is 5.73 Å². The van der Waals surface area contributed by atoms with Gasteiger partial charge in [0.15, 0.2) is 5.82 Å². The zero-order valence-corrected chi connectivity index (χ0v) is 10.7. The summed E-state index contributed by atoms with van der Waals surface area (Å²) in [4.78, 5) is 0. The van der Waals surface area contributed by atoms with Gasteiger partial charge < -0.3 is 5.73 Å². The Bertz CT molecular complexity index is 575. The Hall–Kier alpha value is -1.91. The Kier molecular flexibility index (Phi) is 2.54. The van der Waals surface area contributed by atoms with E-state index in [1.165, 1.54) is 6.42 Å². The molecule has 1 aliphatic carbocycles. The molecule has 3 rings (SSSR count). The van der Waals surface area contributed by atoms with Crippen molar-refractivity contribution in [1.82, 2.24) is 20.2 Å². The highest BCUT2D eigenvalue weighted by Crippen LogP contribution is 2.39. The van der Waals surface area contributed by atoms with Crippen molar-refractivity contribution >= 4 is 5.69 Å². The third-order valence-electron chi connectivity index (χ3n) is 3.83. The summed E-state index contributed by atoms with van der Waals surface area (Å²) < 4.78 is 1.90. The van der Waals surface area contributed by atoms with Crippen LogP contribution in [0.15, 0.2) is 18.2 Å². The molecule has 0 radical (unpaired) electrons. The number of tetrazole rings is 1. The Labute approximate surface area is 106 Å². The van der Waals surface area contributed by atoms with Gasteiger partial charge in [-0.1, -0.05) is 19.1 Å². The summed E-state index contributed by atoms with van der Waals surface area (Å²) >= 11 is 0. The van der Waals surface area contributed by atoms with Gasteiger partial charge in [0.1, 0.15) is 0 Å². The molecule has 2 N–H and O–H groups in total. The van der Waals surface area contributed by atoms with Gasteiger partial charge in [-0.3, -0.25) is 0 Å². The predicted molar refractivity (Wildman–Crippen MR) is 69.7 cm³/mol. The molecule has 5 nitrogen and oxygen atoms in total. The van der Waals surface area contributed by atoms with E-state index in [0.717, 1.165) is 35.1 Å². The second-order valence-electron chi connectivity index (χ2n) is 5.18. The number of benzene rings is 1. The summed E-state index contributed by atoms with van der Waals surface area (Å²) in [5.74, 6) is 2.33. The minimum Gasteiger partial charge on any atom is -0.398 e. The first-order valence-corrected chi connectivity index (χ1v) is 6.28. The van der Waals surface area contributed by atoms with Crippen LogP contribution >= 0.6 is 0 Å². The number of nitrogens with zero attached hydrogens (tertiary/aromatic N) is 4. The van der Waals surface area contributed by atoms with Crippen molar-refractivity contribution in [2.75, 3.05) is 5.73 Å². The van der Waals surface area contributed by atoms with Crippen LogP contribution in [-0.4, -0.2) is 20.2 Å². The van der Waals surface area contributed by atoms with Crippen LogP contribution in [0.3, 0.4) is 0 Å².